The number of anilines is 6. The van der Waals surface area contributed by atoms with E-state index in [2.05, 4.69) is 422 Å². The zero-order chi connectivity index (χ0) is 69.9. The standard InChI is InChI=1S/C104H68N2/c1-5-37-75(38-6-1)103(76-39-7-2-8-40-76)93-51-23-21-49-85(93)87-61-57-73(65-95(87)103)101-89-63-59-80(106(99-55-27-35-71-31-15-19-47-83(71)99)100-56-28-36-72-32-16-20-48-84(72)100)68-92(89)102(74-58-62-88-86-50-22-24-52-94(86)104(96(88)66-74,77-41-9-3-10-42-77)78-43-11-4-12-44-78)90-64-60-79(67-91(90)101)105(97-53-25-33-69-29-13-17-45-81(69)97)98-54-26-34-70-30-14-18-46-82(70)98/h1-68H. The third-order valence-electron chi connectivity index (χ3n) is 23.1. The third kappa shape index (κ3) is 9.17. The van der Waals surface area contributed by atoms with Crippen molar-refractivity contribution in [1.29, 1.82) is 0 Å². The molecule has 2 aliphatic carbocycles. The first kappa shape index (κ1) is 61.0. The van der Waals surface area contributed by atoms with Crippen LogP contribution in [0.4, 0.5) is 34.1 Å². The van der Waals surface area contributed by atoms with Crippen LogP contribution in [0.5, 0.6) is 0 Å². The maximum absolute atomic E-state index is 2.58. The molecule has 106 heavy (non-hydrogen) atoms. The Kier molecular flexibility index (Phi) is 14.1. The molecule has 21 rings (SSSR count). The fraction of sp³-hybridized carbons (Fsp3) is 0.0192. The molecule has 0 fully saturated rings. The van der Waals surface area contributed by atoms with Gasteiger partial charge in [-0.25, -0.2) is 0 Å². The van der Waals surface area contributed by atoms with E-state index in [0.717, 1.165) is 77.9 Å². The Labute approximate surface area is 616 Å². The molecule has 0 saturated heterocycles. The van der Waals surface area contributed by atoms with E-state index in [4.69, 9.17) is 0 Å². The molecular formula is C104H68N2. The number of benzene rings is 19. The van der Waals surface area contributed by atoms with Crippen LogP contribution >= 0.6 is 0 Å². The maximum Gasteiger partial charge on any atom is 0.0713 e. The van der Waals surface area contributed by atoms with Crippen molar-refractivity contribution in [1.82, 2.24) is 0 Å². The first-order valence-electron chi connectivity index (χ1n) is 36.9. The van der Waals surface area contributed by atoms with Gasteiger partial charge in [0.1, 0.15) is 0 Å². The third-order valence-corrected chi connectivity index (χ3v) is 23.1. The SMILES string of the molecule is c1ccc(C2(c3ccccc3)c3ccccc3-c3ccc(-c4c5ccc(N(c6cccc7ccccc67)c6cccc7ccccc67)cc5c(-c5ccc6c(c5)C(c5ccccc5)(c5ccccc5)c5ccccc5-6)c5ccc(N(c6cccc7ccccc67)c6cccc7ccccc67)cc45)cc32)cc1. The Morgan fingerprint density at radius 1 is 0.170 bits per heavy atom. The molecule has 0 aliphatic heterocycles. The smallest absolute Gasteiger partial charge is 0.0713 e. The quantitative estimate of drug-likeness (QED) is 0.113. The van der Waals surface area contributed by atoms with E-state index >= 15 is 0 Å². The number of rotatable bonds is 12. The minimum absolute atomic E-state index is 0.655. The van der Waals surface area contributed by atoms with Gasteiger partial charge in [0.2, 0.25) is 0 Å². The minimum atomic E-state index is -0.655. The van der Waals surface area contributed by atoms with E-state index in [0.29, 0.717) is 0 Å². The lowest BCUT2D eigenvalue weighted by atomic mass is 9.67. The second-order valence-corrected chi connectivity index (χ2v) is 28.4. The Balaban J connectivity index is 0.933. The van der Waals surface area contributed by atoms with Crippen LogP contribution in [0.15, 0.2) is 413 Å². The Morgan fingerprint density at radius 3 is 0.774 bits per heavy atom. The van der Waals surface area contributed by atoms with E-state index in [9.17, 15) is 0 Å². The Hall–Kier alpha value is -13.7. The maximum atomic E-state index is 2.58. The Morgan fingerprint density at radius 2 is 0.443 bits per heavy atom. The summed E-state index contributed by atoms with van der Waals surface area (Å²) in [6, 6.07) is 155. The highest BCUT2D eigenvalue weighted by atomic mass is 15.2. The summed E-state index contributed by atoms with van der Waals surface area (Å²) in [5.41, 5.74) is 24.7. The van der Waals surface area contributed by atoms with Gasteiger partial charge in [-0.2, -0.15) is 0 Å². The van der Waals surface area contributed by atoms with E-state index in [-0.39, 0.29) is 0 Å². The van der Waals surface area contributed by atoms with Gasteiger partial charge in [0.25, 0.3) is 0 Å². The van der Waals surface area contributed by atoms with E-state index in [1.807, 2.05) is 0 Å². The minimum Gasteiger partial charge on any atom is -0.309 e. The van der Waals surface area contributed by atoms with E-state index < -0.39 is 10.8 Å². The van der Waals surface area contributed by atoms with Crippen LogP contribution in [0.3, 0.4) is 0 Å². The van der Waals surface area contributed by atoms with Gasteiger partial charge in [-0.3, -0.25) is 0 Å². The molecule has 0 heterocycles. The van der Waals surface area contributed by atoms with Crippen LogP contribution in [-0.4, -0.2) is 0 Å². The number of nitrogens with zero attached hydrogens (tertiary/aromatic N) is 2. The van der Waals surface area contributed by atoms with Crippen LogP contribution in [0, 0.1) is 0 Å². The highest BCUT2D eigenvalue weighted by molar-refractivity contribution is 6.24. The zero-order valence-corrected chi connectivity index (χ0v) is 58.2. The number of hydrogen-bond donors (Lipinski definition) is 0. The lowest BCUT2D eigenvalue weighted by molar-refractivity contribution is 0.769. The average molecular weight is 1350 g/mol. The summed E-state index contributed by atoms with van der Waals surface area (Å²) >= 11 is 0. The lowest BCUT2D eigenvalue weighted by Crippen LogP contribution is -2.28. The van der Waals surface area contributed by atoms with Gasteiger partial charge < -0.3 is 9.80 Å². The van der Waals surface area contributed by atoms with Crippen molar-refractivity contribution in [3.05, 3.63) is 457 Å². The fourth-order valence-corrected chi connectivity index (χ4v) is 18.7. The molecule has 0 spiro atoms. The molecule has 19 aromatic rings. The monoisotopic (exact) mass is 1340 g/mol. The van der Waals surface area contributed by atoms with Gasteiger partial charge in [0, 0.05) is 32.9 Å². The van der Waals surface area contributed by atoms with Crippen molar-refractivity contribution >= 4 is 98.8 Å². The largest absolute Gasteiger partial charge is 0.309 e. The second kappa shape index (κ2) is 24.5. The first-order valence-corrected chi connectivity index (χ1v) is 36.9. The summed E-state index contributed by atoms with van der Waals surface area (Å²) in [6.45, 7) is 0. The molecule has 0 unspecified atom stereocenters. The topological polar surface area (TPSA) is 6.48 Å². The van der Waals surface area contributed by atoms with Gasteiger partial charge in [-0.05, 0) is 193 Å². The normalized spacial score (nSPS) is 13.1. The second-order valence-electron chi connectivity index (χ2n) is 28.4. The molecule has 0 N–H and O–H groups in total. The van der Waals surface area contributed by atoms with Gasteiger partial charge in [-0.1, -0.05) is 352 Å². The molecule has 2 heteroatoms. The Bertz CT molecular complexity index is 6050. The summed E-state index contributed by atoms with van der Waals surface area (Å²) in [5.74, 6) is 0. The van der Waals surface area contributed by atoms with Crippen LogP contribution in [0.1, 0.15) is 44.5 Å². The fourth-order valence-electron chi connectivity index (χ4n) is 18.7. The lowest BCUT2D eigenvalue weighted by Gasteiger charge is -2.34. The van der Waals surface area contributed by atoms with Gasteiger partial charge in [0.15, 0.2) is 0 Å². The molecule has 0 bridgehead atoms. The summed E-state index contributed by atoms with van der Waals surface area (Å²) < 4.78 is 0. The van der Waals surface area contributed by atoms with Crippen molar-refractivity contribution in [2.75, 3.05) is 9.80 Å². The molecule has 19 aromatic carbocycles. The van der Waals surface area contributed by atoms with E-state index in [1.165, 1.54) is 110 Å². The average Bonchev–Trinajstić information content (AvgIpc) is 1.50. The van der Waals surface area contributed by atoms with Crippen LogP contribution in [-0.2, 0) is 10.8 Å². The molecule has 494 valence electrons. The van der Waals surface area contributed by atoms with Crippen molar-refractivity contribution in [3.8, 4) is 44.5 Å². The van der Waals surface area contributed by atoms with Crippen LogP contribution in [0.25, 0.3) is 109 Å². The van der Waals surface area contributed by atoms with E-state index in [1.54, 1.807) is 0 Å². The summed E-state index contributed by atoms with van der Waals surface area (Å²) in [4.78, 5) is 5.06. The summed E-state index contributed by atoms with van der Waals surface area (Å²) in [7, 11) is 0. The molecule has 0 aromatic heterocycles. The number of hydrogen-bond acceptors (Lipinski definition) is 2. The molecular weight excluding hydrogens is 1280 g/mol. The number of fused-ring (bicyclic) bond motifs is 12. The molecule has 2 nitrogen and oxygen atoms in total. The predicted molar refractivity (Wildman–Crippen MR) is 446 cm³/mol. The molecule has 0 saturated carbocycles. The highest BCUT2D eigenvalue weighted by Gasteiger charge is 2.48. The van der Waals surface area contributed by atoms with Crippen molar-refractivity contribution in [2.24, 2.45) is 0 Å². The zero-order valence-electron chi connectivity index (χ0n) is 58.2. The van der Waals surface area contributed by atoms with Crippen molar-refractivity contribution < 1.29 is 0 Å². The molecule has 0 amide bonds. The van der Waals surface area contributed by atoms with Gasteiger partial charge in [-0.15, -0.1) is 0 Å². The molecule has 0 atom stereocenters. The highest BCUT2D eigenvalue weighted by Crippen LogP contribution is 2.61. The van der Waals surface area contributed by atoms with Crippen molar-refractivity contribution in [3.63, 3.8) is 0 Å². The van der Waals surface area contributed by atoms with Gasteiger partial charge in [0.05, 0.1) is 33.6 Å². The molecule has 0 radical (unpaired) electrons. The predicted octanol–water partition coefficient (Wildman–Crippen LogP) is 27.6. The van der Waals surface area contributed by atoms with Gasteiger partial charge >= 0.3 is 0 Å². The van der Waals surface area contributed by atoms with Crippen molar-refractivity contribution in [2.45, 2.75) is 10.8 Å². The molecule has 2 aliphatic rings. The first-order chi connectivity index (χ1) is 52.6. The summed E-state index contributed by atoms with van der Waals surface area (Å²) in [6.07, 6.45) is 0. The van der Waals surface area contributed by atoms with Crippen LogP contribution in [0.2, 0.25) is 0 Å². The summed E-state index contributed by atoms with van der Waals surface area (Å²) in [5, 5.41) is 13.9. The van der Waals surface area contributed by atoms with Crippen LogP contribution < -0.4 is 9.80 Å².